The smallest absolute Gasteiger partial charge is 0.264 e. The van der Waals surface area contributed by atoms with Crippen LogP contribution in [0.1, 0.15) is 55.8 Å². The summed E-state index contributed by atoms with van der Waals surface area (Å²) in [5.41, 5.74) is 3.78. The third-order valence-corrected chi connectivity index (χ3v) is 6.81. The van der Waals surface area contributed by atoms with Gasteiger partial charge in [0.2, 0.25) is 0 Å². The Morgan fingerprint density at radius 3 is 2.53 bits per heavy atom. The number of nitrogens with zero attached hydrogens (tertiary/aromatic N) is 2. The van der Waals surface area contributed by atoms with E-state index in [-0.39, 0.29) is 10.9 Å². The molecule has 0 aliphatic heterocycles. The third-order valence-electron chi connectivity index (χ3n) is 5.52. The summed E-state index contributed by atoms with van der Waals surface area (Å²) in [4.78, 5) is 4.41. The number of benzene rings is 2. The minimum Gasteiger partial charge on any atom is -0.264 e. The second-order valence-corrected chi connectivity index (χ2v) is 9.02. The van der Waals surface area contributed by atoms with E-state index in [0.717, 1.165) is 47.6 Å². The van der Waals surface area contributed by atoms with E-state index >= 15 is 0 Å². The van der Waals surface area contributed by atoms with Crippen molar-refractivity contribution in [2.75, 3.05) is 6.54 Å². The number of hydrogen-bond acceptors (Lipinski definition) is 3. The number of halogens is 3. The molecule has 3 aromatic rings. The summed E-state index contributed by atoms with van der Waals surface area (Å²) in [7, 11) is 0. The van der Waals surface area contributed by atoms with Crippen LogP contribution in [0.4, 0.5) is 13.2 Å². The summed E-state index contributed by atoms with van der Waals surface area (Å²) in [5, 5.41) is 0. The maximum atomic E-state index is 13.6. The first-order chi connectivity index (χ1) is 15.3. The van der Waals surface area contributed by atoms with Crippen LogP contribution in [0.15, 0.2) is 71.9 Å². The van der Waals surface area contributed by atoms with Crippen LogP contribution in [0.5, 0.6) is 0 Å². The van der Waals surface area contributed by atoms with Crippen molar-refractivity contribution in [1.82, 2.24) is 9.29 Å². The Morgan fingerprint density at radius 1 is 1.03 bits per heavy atom. The number of aromatic nitrogens is 1. The minimum atomic E-state index is -4.37. The highest BCUT2D eigenvalue weighted by Crippen LogP contribution is 2.41. The Balaban J connectivity index is 1.91. The lowest BCUT2D eigenvalue weighted by atomic mass is 9.98. The van der Waals surface area contributed by atoms with Crippen molar-refractivity contribution in [3.05, 3.63) is 83.7 Å². The van der Waals surface area contributed by atoms with Crippen LogP contribution < -0.4 is 0 Å². The zero-order valence-electron chi connectivity index (χ0n) is 18.7. The first-order valence-electron chi connectivity index (χ1n) is 10.9. The Bertz CT molecular complexity index is 1020. The Hall–Kier alpha value is -2.31. The average molecular weight is 459 g/mol. The summed E-state index contributed by atoms with van der Waals surface area (Å²) >= 11 is 1.20. The zero-order valence-corrected chi connectivity index (χ0v) is 19.5. The van der Waals surface area contributed by atoms with E-state index in [2.05, 4.69) is 35.3 Å². The largest absolute Gasteiger partial charge is 0.417 e. The monoisotopic (exact) mass is 458 g/mol. The van der Waals surface area contributed by atoms with Crippen molar-refractivity contribution < 1.29 is 13.2 Å². The number of rotatable bonds is 9. The molecular weight excluding hydrogens is 429 g/mol. The second-order valence-electron chi connectivity index (χ2n) is 7.93. The van der Waals surface area contributed by atoms with Crippen LogP contribution >= 0.6 is 11.9 Å². The molecule has 2 aromatic carbocycles. The lowest BCUT2D eigenvalue weighted by Crippen LogP contribution is -2.22. The number of alkyl halides is 3. The first-order valence-corrected chi connectivity index (χ1v) is 11.7. The quantitative estimate of drug-likeness (QED) is 0.237. The molecule has 0 N–H and O–H groups in total. The molecule has 2 nitrogen and oxygen atoms in total. The maximum absolute atomic E-state index is 13.6. The molecule has 0 amide bonds. The molecule has 32 heavy (non-hydrogen) atoms. The molecule has 6 heteroatoms. The van der Waals surface area contributed by atoms with E-state index in [0.29, 0.717) is 6.54 Å². The number of aryl methyl sites for hydroxylation is 1. The summed E-state index contributed by atoms with van der Waals surface area (Å²) < 4.78 is 42.8. The molecule has 1 heterocycles. The van der Waals surface area contributed by atoms with Gasteiger partial charge in [0.05, 0.1) is 5.56 Å². The highest BCUT2D eigenvalue weighted by atomic mass is 32.2. The van der Waals surface area contributed by atoms with E-state index in [1.165, 1.54) is 18.0 Å². The molecule has 3 rings (SSSR count). The summed E-state index contributed by atoms with van der Waals surface area (Å²) in [6.07, 6.45) is 2.28. The van der Waals surface area contributed by atoms with E-state index in [1.807, 2.05) is 31.3 Å². The second kappa shape index (κ2) is 11.0. The fraction of sp³-hybridized carbons (Fsp3) is 0.346. The summed E-state index contributed by atoms with van der Waals surface area (Å²) in [6, 6.07) is 16.0. The van der Waals surface area contributed by atoms with Crippen molar-refractivity contribution >= 4 is 11.9 Å². The van der Waals surface area contributed by atoms with E-state index in [4.69, 9.17) is 0 Å². The molecule has 0 aliphatic carbocycles. The standard InChI is InChI=1S/C26H29F3N2S/c1-4-5-8-16-31(32-25-13-7-6-12-24(25)26(27,28)29)20(3)21-10-9-11-22(17-21)23-14-15-30-18-19(23)2/h6-7,9-15,17-18,20H,4-5,8,16H2,1-3H3. The van der Waals surface area contributed by atoms with Gasteiger partial charge in [-0.25, -0.2) is 4.31 Å². The van der Waals surface area contributed by atoms with Crippen molar-refractivity contribution in [2.45, 2.75) is 57.1 Å². The predicted molar refractivity (Wildman–Crippen MR) is 126 cm³/mol. The molecule has 0 spiro atoms. The molecule has 1 aromatic heterocycles. The fourth-order valence-electron chi connectivity index (χ4n) is 3.67. The molecule has 1 unspecified atom stereocenters. The molecule has 0 bridgehead atoms. The molecule has 0 saturated heterocycles. The van der Waals surface area contributed by atoms with Gasteiger partial charge in [0.15, 0.2) is 0 Å². The van der Waals surface area contributed by atoms with Crippen LogP contribution in [-0.2, 0) is 6.18 Å². The fourth-order valence-corrected chi connectivity index (χ4v) is 4.85. The molecule has 0 saturated carbocycles. The SMILES string of the molecule is CCCCCN(Sc1ccccc1C(F)(F)F)C(C)c1cccc(-c2ccncc2C)c1. The van der Waals surface area contributed by atoms with Crippen molar-refractivity contribution in [2.24, 2.45) is 0 Å². The van der Waals surface area contributed by atoms with Crippen molar-refractivity contribution in [1.29, 1.82) is 0 Å². The van der Waals surface area contributed by atoms with Crippen molar-refractivity contribution in [3.63, 3.8) is 0 Å². The molecule has 0 radical (unpaired) electrons. The van der Waals surface area contributed by atoms with Crippen LogP contribution in [-0.4, -0.2) is 15.8 Å². The minimum absolute atomic E-state index is 0.0553. The number of hydrogen-bond donors (Lipinski definition) is 0. The van der Waals surface area contributed by atoms with Gasteiger partial charge >= 0.3 is 6.18 Å². The lowest BCUT2D eigenvalue weighted by molar-refractivity contribution is -0.139. The van der Waals surface area contributed by atoms with Crippen LogP contribution in [0, 0.1) is 6.92 Å². The Labute approximate surface area is 193 Å². The molecule has 170 valence electrons. The summed E-state index contributed by atoms with van der Waals surface area (Å²) in [5.74, 6) is 0. The lowest BCUT2D eigenvalue weighted by Gasteiger charge is -2.29. The highest BCUT2D eigenvalue weighted by molar-refractivity contribution is 7.97. The van der Waals surface area contributed by atoms with Gasteiger partial charge in [0.25, 0.3) is 0 Å². The van der Waals surface area contributed by atoms with Gasteiger partial charge in [-0.05, 0) is 78.7 Å². The van der Waals surface area contributed by atoms with Gasteiger partial charge in [-0.1, -0.05) is 50.1 Å². The highest BCUT2D eigenvalue weighted by Gasteiger charge is 2.34. The Morgan fingerprint density at radius 2 is 1.81 bits per heavy atom. The topological polar surface area (TPSA) is 16.1 Å². The van der Waals surface area contributed by atoms with E-state index in [9.17, 15) is 13.2 Å². The first kappa shape index (κ1) is 24.3. The third kappa shape index (κ3) is 6.14. The van der Waals surface area contributed by atoms with Crippen LogP contribution in [0.2, 0.25) is 0 Å². The van der Waals surface area contributed by atoms with Gasteiger partial charge in [0.1, 0.15) is 0 Å². The van der Waals surface area contributed by atoms with E-state index < -0.39 is 11.7 Å². The van der Waals surface area contributed by atoms with Crippen LogP contribution in [0.25, 0.3) is 11.1 Å². The van der Waals surface area contributed by atoms with Gasteiger partial charge in [-0.2, -0.15) is 13.2 Å². The summed E-state index contributed by atoms with van der Waals surface area (Å²) in [6.45, 7) is 6.93. The van der Waals surface area contributed by atoms with Gasteiger partial charge < -0.3 is 0 Å². The average Bonchev–Trinajstić information content (AvgIpc) is 2.78. The van der Waals surface area contributed by atoms with Gasteiger partial charge in [-0.3, -0.25) is 4.98 Å². The number of unbranched alkanes of at least 4 members (excludes halogenated alkanes) is 2. The molecule has 0 aliphatic rings. The molecule has 1 atom stereocenters. The Kier molecular flexibility index (Phi) is 8.38. The van der Waals surface area contributed by atoms with E-state index in [1.54, 1.807) is 18.3 Å². The van der Waals surface area contributed by atoms with Crippen molar-refractivity contribution in [3.8, 4) is 11.1 Å². The predicted octanol–water partition coefficient (Wildman–Crippen LogP) is 8.34. The normalized spacial score (nSPS) is 12.8. The zero-order chi connectivity index (χ0) is 23.1. The maximum Gasteiger partial charge on any atom is 0.417 e. The molecular formula is C26H29F3N2S. The van der Waals surface area contributed by atoms with Gasteiger partial charge in [0, 0.05) is 29.9 Å². The molecule has 0 fully saturated rings. The van der Waals surface area contributed by atoms with Crippen LogP contribution in [0.3, 0.4) is 0 Å². The number of pyridine rings is 1. The van der Waals surface area contributed by atoms with Gasteiger partial charge in [-0.15, -0.1) is 0 Å².